The first-order chi connectivity index (χ1) is 18.1. The van der Waals surface area contributed by atoms with Gasteiger partial charge in [-0.3, -0.25) is 9.59 Å². The summed E-state index contributed by atoms with van der Waals surface area (Å²) in [4.78, 5) is 37.7. The van der Waals surface area contributed by atoms with Crippen LogP contribution in [0.2, 0.25) is 0 Å². The fourth-order valence-electron chi connectivity index (χ4n) is 5.61. The van der Waals surface area contributed by atoms with Crippen molar-refractivity contribution in [3.8, 4) is 11.3 Å². The molecule has 3 unspecified atom stereocenters. The topological polar surface area (TPSA) is 75.2 Å². The van der Waals surface area contributed by atoms with Gasteiger partial charge in [0.15, 0.2) is 0 Å². The van der Waals surface area contributed by atoms with Crippen molar-refractivity contribution in [1.82, 2.24) is 20.2 Å². The van der Waals surface area contributed by atoms with Crippen LogP contribution in [0.15, 0.2) is 30.3 Å². The van der Waals surface area contributed by atoms with E-state index < -0.39 is 17.8 Å². The summed E-state index contributed by atoms with van der Waals surface area (Å²) in [7, 11) is 0. The van der Waals surface area contributed by atoms with Crippen molar-refractivity contribution in [3.63, 3.8) is 0 Å². The summed E-state index contributed by atoms with van der Waals surface area (Å²) in [6, 6.07) is 5.90. The molecule has 38 heavy (non-hydrogen) atoms. The number of aryl methyl sites for hydroxylation is 1. The van der Waals surface area contributed by atoms with Crippen LogP contribution in [0.4, 0.5) is 13.2 Å². The number of benzene rings is 1. The summed E-state index contributed by atoms with van der Waals surface area (Å²) >= 11 is 0. The number of carbonyl (C=O) groups is 2. The molecule has 0 spiro atoms. The van der Waals surface area contributed by atoms with E-state index in [0.29, 0.717) is 42.2 Å². The quantitative estimate of drug-likeness (QED) is 0.460. The Morgan fingerprint density at radius 1 is 1.08 bits per heavy atom. The predicted molar refractivity (Wildman–Crippen MR) is 139 cm³/mol. The molecule has 1 N–H and O–H groups in total. The third kappa shape index (κ3) is 6.35. The number of amides is 2. The van der Waals surface area contributed by atoms with E-state index in [0.717, 1.165) is 50.7 Å². The lowest BCUT2D eigenvalue weighted by molar-refractivity contribution is -0.140. The molecule has 1 saturated heterocycles. The number of nitrogens with one attached hydrogen (secondary N) is 1. The fourth-order valence-corrected chi connectivity index (χ4v) is 5.61. The number of carbonyl (C=O) groups excluding carboxylic acids is 2. The molecule has 1 saturated carbocycles. The second kappa shape index (κ2) is 11.8. The van der Waals surface area contributed by atoms with Crippen molar-refractivity contribution in [2.75, 3.05) is 6.54 Å². The van der Waals surface area contributed by atoms with E-state index >= 15 is 0 Å². The van der Waals surface area contributed by atoms with E-state index in [2.05, 4.69) is 15.3 Å². The third-order valence-corrected chi connectivity index (χ3v) is 7.97. The second-order valence-electron chi connectivity index (χ2n) is 10.7. The van der Waals surface area contributed by atoms with Crippen molar-refractivity contribution >= 4 is 11.8 Å². The number of likely N-dealkylation sites (tertiary alicyclic amines) is 1. The zero-order valence-electron chi connectivity index (χ0n) is 22.4. The van der Waals surface area contributed by atoms with Crippen LogP contribution in [0.25, 0.3) is 11.3 Å². The SMILES string of the molecule is CCC(C)C(=O)NC(C(=O)N1CCCC1c1cc(-c2cccc(C(F)(F)F)c2)nc(C)n1)C1CCCCC1. The van der Waals surface area contributed by atoms with Crippen molar-refractivity contribution in [3.05, 3.63) is 47.4 Å². The lowest BCUT2D eigenvalue weighted by Crippen LogP contribution is -2.53. The van der Waals surface area contributed by atoms with Gasteiger partial charge in [-0.2, -0.15) is 13.2 Å². The highest BCUT2D eigenvalue weighted by Gasteiger charge is 2.40. The summed E-state index contributed by atoms with van der Waals surface area (Å²) in [5.41, 5.74) is 0.624. The Labute approximate surface area is 222 Å². The van der Waals surface area contributed by atoms with Crippen molar-refractivity contribution < 1.29 is 22.8 Å². The maximum Gasteiger partial charge on any atom is 0.416 e. The van der Waals surface area contributed by atoms with Crippen LogP contribution >= 0.6 is 0 Å². The molecule has 2 fully saturated rings. The molecule has 1 aliphatic carbocycles. The molecule has 3 atom stereocenters. The molecule has 2 heterocycles. The summed E-state index contributed by atoms with van der Waals surface area (Å²) in [6.45, 7) is 6.08. The van der Waals surface area contributed by atoms with E-state index in [1.807, 2.05) is 18.7 Å². The van der Waals surface area contributed by atoms with Gasteiger partial charge in [0.1, 0.15) is 11.9 Å². The monoisotopic (exact) mass is 530 g/mol. The van der Waals surface area contributed by atoms with Gasteiger partial charge >= 0.3 is 6.18 Å². The van der Waals surface area contributed by atoms with Gasteiger partial charge < -0.3 is 10.2 Å². The number of nitrogens with zero attached hydrogens (tertiary/aromatic N) is 3. The summed E-state index contributed by atoms with van der Waals surface area (Å²) in [5, 5.41) is 3.09. The Kier molecular flexibility index (Phi) is 8.73. The first-order valence-corrected chi connectivity index (χ1v) is 13.7. The number of alkyl halides is 3. The molecular formula is C29H37F3N4O2. The molecule has 6 nitrogen and oxygen atoms in total. The predicted octanol–water partition coefficient (Wildman–Crippen LogP) is 6.25. The number of hydrogen-bond acceptors (Lipinski definition) is 4. The van der Waals surface area contributed by atoms with Gasteiger partial charge in [0.25, 0.3) is 0 Å². The molecule has 2 aliphatic rings. The number of rotatable bonds is 7. The lowest BCUT2D eigenvalue weighted by Gasteiger charge is -2.35. The van der Waals surface area contributed by atoms with Gasteiger partial charge in [-0.15, -0.1) is 0 Å². The van der Waals surface area contributed by atoms with Crippen molar-refractivity contribution in [2.24, 2.45) is 11.8 Å². The smallest absolute Gasteiger partial charge is 0.344 e. The molecular weight excluding hydrogens is 493 g/mol. The standard InChI is InChI=1S/C29H37F3N4O2/c1-4-18(2)27(37)35-26(20-10-6-5-7-11-20)28(38)36-15-9-14-25(36)24-17-23(33-19(3)34-24)21-12-8-13-22(16-21)29(30,31)32/h8,12-13,16-18,20,25-26H,4-7,9-11,14-15H2,1-3H3,(H,35,37). The first kappa shape index (κ1) is 28.0. The Morgan fingerprint density at radius 2 is 1.82 bits per heavy atom. The summed E-state index contributed by atoms with van der Waals surface area (Å²) < 4.78 is 39.9. The largest absolute Gasteiger partial charge is 0.416 e. The van der Waals surface area contributed by atoms with Crippen LogP contribution in [0, 0.1) is 18.8 Å². The van der Waals surface area contributed by atoms with Crippen LogP contribution in [-0.2, 0) is 15.8 Å². The van der Waals surface area contributed by atoms with Gasteiger partial charge in [-0.25, -0.2) is 9.97 Å². The van der Waals surface area contributed by atoms with Gasteiger partial charge in [0.05, 0.1) is 23.0 Å². The molecule has 4 rings (SSSR count). The fraction of sp³-hybridized carbons (Fsp3) is 0.586. The number of halogens is 3. The maximum atomic E-state index is 14.0. The normalized spacial score (nSPS) is 20.3. The highest BCUT2D eigenvalue weighted by molar-refractivity contribution is 5.89. The highest BCUT2D eigenvalue weighted by atomic mass is 19.4. The zero-order chi connectivity index (χ0) is 27.4. The van der Waals surface area contributed by atoms with Crippen LogP contribution in [0.5, 0.6) is 0 Å². The van der Waals surface area contributed by atoms with Gasteiger partial charge in [0.2, 0.25) is 11.8 Å². The van der Waals surface area contributed by atoms with E-state index in [1.54, 1.807) is 19.1 Å². The summed E-state index contributed by atoms with van der Waals surface area (Å²) in [6.07, 6.45) is 2.76. The van der Waals surface area contributed by atoms with Crippen LogP contribution in [-0.4, -0.2) is 39.3 Å². The maximum absolute atomic E-state index is 14.0. The van der Waals surface area contributed by atoms with Gasteiger partial charge in [-0.05, 0) is 63.1 Å². The molecule has 0 radical (unpaired) electrons. The van der Waals surface area contributed by atoms with Gasteiger partial charge in [0, 0.05) is 18.0 Å². The van der Waals surface area contributed by atoms with Crippen molar-refractivity contribution in [2.45, 2.75) is 90.4 Å². The van der Waals surface area contributed by atoms with Crippen LogP contribution < -0.4 is 5.32 Å². The average molecular weight is 531 g/mol. The van der Waals surface area contributed by atoms with E-state index in [9.17, 15) is 22.8 Å². The molecule has 1 aromatic carbocycles. The summed E-state index contributed by atoms with van der Waals surface area (Å²) in [5.74, 6) is 0.161. The highest BCUT2D eigenvalue weighted by Crippen LogP contribution is 2.36. The van der Waals surface area contributed by atoms with Gasteiger partial charge in [-0.1, -0.05) is 45.2 Å². The molecule has 1 aliphatic heterocycles. The van der Waals surface area contributed by atoms with Crippen LogP contribution in [0.3, 0.4) is 0 Å². The molecule has 0 bridgehead atoms. The molecule has 206 valence electrons. The Bertz CT molecular complexity index is 1150. The minimum atomic E-state index is -4.45. The lowest BCUT2D eigenvalue weighted by atomic mass is 9.83. The molecule has 2 amide bonds. The van der Waals surface area contributed by atoms with E-state index in [-0.39, 0.29) is 29.7 Å². The second-order valence-corrected chi connectivity index (χ2v) is 10.7. The number of aromatic nitrogens is 2. The molecule has 2 aromatic rings. The minimum Gasteiger partial charge on any atom is -0.344 e. The van der Waals surface area contributed by atoms with Crippen molar-refractivity contribution in [1.29, 1.82) is 0 Å². The number of hydrogen-bond donors (Lipinski definition) is 1. The van der Waals surface area contributed by atoms with E-state index in [4.69, 9.17) is 0 Å². The third-order valence-electron chi connectivity index (χ3n) is 7.97. The Hall–Kier alpha value is -2.97. The zero-order valence-corrected chi connectivity index (χ0v) is 22.4. The van der Waals surface area contributed by atoms with Crippen LogP contribution in [0.1, 0.15) is 88.3 Å². The molecule has 1 aromatic heterocycles. The Morgan fingerprint density at radius 3 is 2.50 bits per heavy atom. The average Bonchev–Trinajstić information content (AvgIpc) is 3.40. The first-order valence-electron chi connectivity index (χ1n) is 13.7. The van der Waals surface area contributed by atoms with E-state index in [1.165, 1.54) is 6.07 Å². The Balaban J connectivity index is 1.63. The molecule has 9 heteroatoms. The minimum absolute atomic E-state index is 0.0899.